The van der Waals surface area contributed by atoms with Crippen molar-refractivity contribution < 1.29 is 23.8 Å². The maximum atomic E-state index is 13.6. The third kappa shape index (κ3) is 3.95. The number of nitrogens with zero attached hydrogens (tertiary/aromatic N) is 2. The zero-order valence-electron chi connectivity index (χ0n) is 19.4. The number of amides is 1. The highest BCUT2D eigenvalue weighted by Crippen LogP contribution is 2.40. The van der Waals surface area contributed by atoms with Crippen LogP contribution in [0.15, 0.2) is 48.7 Å². The first-order valence-corrected chi connectivity index (χ1v) is 11.1. The molecule has 0 atom stereocenters. The summed E-state index contributed by atoms with van der Waals surface area (Å²) in [6.07, 6.45) is 2.10. The molecule has 0 aliphatic carbocycles. The van der Waals surface area contributed by atoms with Crippen LogP contribution in [0.25, 0.3) is 22.0 Å². The van der Waals surface area contributed by atoms with Gasteiger partial charge in [0.25, 0.3) is 5.91 Å². The molecule has 0 unspecified atom stereocenters. The maximum Gasteiger partial charge on any atom is 0.418 e. The van der Waals surface area contributed by atoms with Gasteiger partial charge in [0.15, 0.2) is 11.5 Å². The summed E-state index contributed by atoms with van der Waals surface area (Å²) in [6.45, 7) is 5.22. The average Bonchev–Trinajstić information content (AvgIpc) is 3.37. The first-order valence-electron chi connectivity index (χ1n) is 11.1. The molecule has 0 saturated heterocycles. The molecule has 2 aromatic carbocycles. The van der Waals surface area contributed by atoms with Gasteiger partial charge in [0.05, 0.1) is 31.9 Å². The third-order valence-electron chi connectivity index (χ3n) is 5.82. The van der Waals surface area contributed by atoms with Crippen LogP contribution in [-0.4, -0.2) is 55.4 Å². The van der Waals surface area contributed by atoms with Crippen molar-refractivity contribution in [3.8, 4) is 11.5 Å². The number of methoxy groups -OCH3 is 2. The number of ether oxygens (including phenoxy) is 3. The van der Waals surface area contributed by atoms with Crippen molar-refractivity contribution in [3.63, 3.8) is 0 Å². The summed E-state index contributed by atoms with van der Waals surface area (Å²) >= 11 is 0. The van der Waals surface area contributed by atoms with Crippen molar-refractivity contribution in [1.29, 1.82) is 0 Å². The number of hydrogen-bond donors (Lipinski definition) is 0. The number of fused-ring (bicyclic) bond motifs is 1. The smallest absolute Gasteiger partial charge is 0.418 e. The monoisotopic (exact) mass is 448 g/mol. The fourth-order valence-electron chi connectivity index (χ4n) is 4.34. The number of para-hydroxylation sites is 1. The highest BCUT2D eigenvalue weighted by Gasteiger charge is 2.34. The Kier molecular flexibility index (Phi) is 6.40. The van der Waals surface area contributed by atoms with Gasteiger partial charge in [0.2, 0.25) is 0 Å². The van der Waals surface area contributed by atoms with E-state index in [9.17, 15) is 9.59 Å². The number of rotatable bonds is 7. The van der Waals surface area contributed by atoms with Crippen molar-refractivity contribution in [1.82, 2.24) is 9.47 Å². The molecule has 4 rings (SSSR count). The molecule has 2 heterocycles. The standard InChI is InChI=1S/C26H28N2O5/c1-5-13-27-15-19(17-11-12-22(31-3)23(14-17)32-4)24(25(27)29)20-16-28(26(30)33-6-2)21-10-8-7-9-18(20)21/h7-12,14,16H,5-6,13,15H2,1-4H3. The third-order valence-corrected chi connectivity index (χ3v) is 5.82. The summed E-state index contributed by atoms with van der Waals surface area (Å²) < 4.78 is 17.6. The number of aromatic nitrogens is 1. The van der Waals surface area contributed by atoms with Crippen LogP contribution < -0.4 is 9.47 Å². The summed E-state index contributed by atoms with van der Waals surface area (Å²) in [6, 6.07) is 13.2. The zero-order chi connectivity index (χ0) is 23.5. The Labute approximate surface area is 193 Å². The molecule has 7 nitrogen and oxygen atoms in total. The summed E-state index contributed by atoms with van der Waals surface area (Å²) in [5, 5.41) is 0.824. The van der Waals surface area contributed by atoms with Gasteiger partial charge in [0.1, 0.15) is 0 Å². The van der Waals surface area contributed by atoms with Crippen molar-refractivity contribution in [2.24, 2.45) is 0 Å². The highest BCUT2D eigenvalue weighted by molar-refractivity contribution is 6.32. The van der Waals surface area contributed by atoms with Gasteiger partial charge >= 0.3 is 6.09 Å². The summed E-state index contributed by atoms with van der Waals surface area (Å²) in [4.78, 5) is 28.1. The molecule has 0 fully saturated rings. The fourth-order valence-corrected chi connectivity index (χ4v) is 4.34. The topological polar surface area (TPSA) is 70.0 Å². The predicted octanol–water partition coefficient (Wildman–Crippen LogP) is 4.83. The van der Waals surface area contributed by atoms with E-state index in [4.69, 9.17) is 14.2 Å². The molecule has 33 heavy (non-hydrogen) atoms. The Balaban J connectivity index is 1.95. The zero-order valence-corrected chi connectivity index (χ0v) is 19.4. The molecule has 1 aromatic heterocycles. The lowest BCUT2D eigenvalue weighted by atomic mass is 9.96. The number of hydrogen-bond acceptors (Lipinski definition) is 5. The molecule has 0 N–H and O–H groups in total. The van der Waals surface area contributed by atoms with Crippen LogP contribution >= 0.6 is 0 Å². The molecule has 1 aliphatic heterocycles. The predicted molar refractivity (Wildman–Crippen MR) is 128 cm³/mol. The number of benzene rings is 2. The van der Waals surface area contributed by atoms with Gasteiger partial charge in [-0.1, -0.05) is 31.2 Å². The SMILES string of the molecule is CCCN1CC(c2ccc(OC)c(OC)c2)=C(c2cn(C(=O)OCC)c3ccccc23)C1=O. The fraction of sp³-hybridized carbons (Fsp3) is 0.308. The van der Waals surface area contributed by atoms with E-state index < -0.39 is 6.09 Å². The van der Waals surface area contributed by atoms with Crippen LogP contribution in [0.3, 0.4) is 0 Å². The lowest BCUT2D eigenvalue weighted by Gasteiger charge is -2.15. The second-order valence-electron chi connectivity index (χ2n) is 7.78. The number of carbonyl (C=O) groups is 2. The number of carbonyl (C=O) groups excluding carboxylic acids is 2. The van der Waals surface area contributed by atoms with Crippen LogP contribution in [0.2, 0.25) is 0 Å². The van der Waals surface area contributed by atoms with E-state index in [1.54, 1.807) is 27.3 Å². The first-order chi connectivity index (χ1) is 16.0. The Bertz CT molecular complexity index is 1240. The minimum atomic E-state index is -0.468. The van der Waals surface area contributed by atoms with Crippen molar-refractivity contribution in [2.75, 3.05) is 33.9 Å². The Morgan fingerprint density at radius 2 is 1.79 bits per heavy atom. The summed E-state index contributed by atoms with van der Waals surface area (Å²) in [5.74, 6) is 1.17. The summed E-state index contributed by atoms with van der Waals surface area (Å²) in [5.41, 5.74) is 3.78. The van der Waals surface area contributed by atoms with Gasteiger partial charge in [0, 0.05) is 30.2 Å². The van der Waals surface area contributed by atoms with Crippen LogP contribution in [-0.2, 0) is 9.53 Å². The van der Waals surface area contributed by atoms with E-state index in [-0.39, 0.29) is 12.5 Å². The molecule has 1 amide bonds. The van der Waals surface area contributed by atoms with E-state index in [1.807, 2.05) is 54.3 Å². The molecule has 0 bridgehead atoms. The molecule has 1 aliphatic rings. The summed E-state index contributed by atoms with van der Waals surface area (Å²) in [7, 11) is 3.18. The second-order valence-corrected chi connectivity index (χ2v) is 7.78. The van der Waals surface area contributed by atoms with E-state index >= 15 is 0 Å². The van der Waals surface area contributed by atoms with Crippen molar-refractivity contribution >= 4 is 34.0 Å². The Morgan fingerprint density at radius 3 is 2.48 bits per heavy atom. The van der Waals surface area contributed by atoms with Gasteiger partial charge in [-0.05, 0) is 42.7 Å². The molecule has 172 valence electrons. The lowest BCUT2D eigenvalue weighted by molar-refractivity contribution is -0.123. The molecule has 0 saturated carbocycles. The first kappa shape index (κ1) is 22.5. The average molecular weight is 449 g/mol. The second kappa shape index (κ2) is 9.40. The van der Waals surface area contributed by atoms with Gasteiger partial charge in [-0.2, -0.15) is 0 Å². The quantitative estimate of drug-likeness (QED) is 0.518. The van der Waals surface area contributed by atoms with Crippen LogP contribution in [0.5, 0.6) is 11.5 Å². The van der Waals surface area contributed by atoms with Gasteiger partial charge < -0.3 is 19.1 Å². The molecular weight excluding hydrogens is 420 g/mol. The molecular formula is C26H28N2O5. The maximum absolute atomic E-state index is 13.6. The molecule has 0 radical (unpaired) electrons. The van der Waals surface area contributed by atoms with Crippen molar-refractivity contribution in [3.05, 3.63) is 59.8 Å². The van der Waals surface area contributed by atoms with Gasteiger partial charge in [-0.3, -0.25) is 9.36 Å². The normalized spacial score (nSPS) is 13.7. The molecule has 7 heteroatoms. The minimum Gasteiger partial charge on any atom is -0.493 e. The van der Waals surface area contributed by atoms with Crippen LogP contribution in [0, 0.1) is 0 Å². The molecule has 0 spiro atoms. The van der Waals surface area contributed by atoms with E-state index in [0.717, 1.165) is 22.9 Å². The van der Waals surface area contributed by atoms with E-state index in [1.165, 1.54) is 4.57 Å². The highest BCUT2D eigenvalue weighted by atomic mass is 16.5. The van der Waals surface area contributed by atoms with Gasteiger partial charge in [-0.25, -0.2) is 4.79 Å². The van der Waals surface area contributed by atoms with Crippen molar-refractivity contribution in [2.45, 2.75) is 20.3 Å². The van der Waals surface area contributed by atoms with E-state index in [2.05, 4.69) is 0 Å². The minimum absolute atomic E-state index is 0.0478. The molecule has 3 aromatic rings. The Hall–Kier alpha value is -3.74. The van der Waals surface area contributed by atoms with Gasteiger partial charge in [-0.15, -0.1) is 0 Å². The lowest BCUT2D eigenvalue weighted by Crippen LogP contribution is -2.27. The van der Waals surface area contributed by atoms with Crippen LogP contribution in [0.1, 0.15) is 31.4 Å². The Morgan fingerprint density at radius 1 is 1.03 bits per heavy atom. The van der Waals surface area contributed by atoms with Crippen LogP contribution in [0.4, 0.5) is 4.79 Å². The largest absolute Gasteiger partial charge is 0.493 e. The van der Waals surface area contributed by atoms with E-state index in [0.29, 0.717) is 41.2 Å².